The number of halogens is 2. The van der Waals surface area contributed by atoms with E-state index in [1.807, 2.05) is 164 Å². The number of hydrogen-bond acceptors (Lipinski definition) is 10. The van der Waals surface area contributed by atoms with Crippen molar-refractivity contribution in [1.82, 2.24) is 0 Å². The lowest BCUT2D eigenvalue weighted by Crippen LogP contribution is -2.39. The van der Waals surface area contributed by atoms with Crippen molar-refractivity contribution in [3.05, 3.63) is 226 Å². The minimum Gasteiger partial charge on any atom is -0.439 e. The van der Waals surface area contributed by atoms with Crippen molar-refractivity contribution in [3.63, 3.8) is 0 Å². The lowest BCUT2D eigenvalue weighted by atomic mass is 10.0. The van der Waals surface area contributed by atoms with Crippen LogP contribution in [-0.2, 0) is 32.0 Å². The molecule has 2 aliphatic rings. The summed E-state index contributed by atoms with van der Waals surface area (Å²) in [6.45, 7) is 7.39. The minimum absolute atomic E-state index is 0.243. The Kier molecular flexibility index (Phi) is 15.9. The first kappa shape index (κ1) is 55.8. The van der Waals surface area contributed by atoms with Gasteiger partial charge in [0.2, 0.25) is 22.9 Å². The Morgan fingerprint density at radius 3 is 1.33 bits per heavy atom. The lowest BCUT2D eigenvalue weighted by Gasteiger charge is -2.16. The number of rotatable bonds is 14. The van der Waals surface area contributed by atoms with Crippen molar-refractivity contribution < 1.29 is 53.4 Å². The molecule has 18 heteroatoms. The third-order valence-electron chi connectivity index (χ3n) is 14.0. The second-order valence-corrected chi connectivity index (χ2v) is 24.0. The van der Waals surface area contributed by atoms with Crippen molar-refractivity contribution in [2.75, 3.05) is 22.9 Å². The maximum atomic E-state index is 12.1. The maximum Gasteiger partial charge on any atom is 0.380 e. The van der Waals surface area contributed by atoms with Gasteiger partial charge in [0.05, 0.1) is 17.5 Å². The van der Waals surface area contributed by atoms with E-state index < -0.39 is 32.0 Å². The number of hydrogen-bond donors (Lipinski definition) is 2. The second-order valence-electron chi connectivity index (χ2n) is 19.4. The molecule has 82 heavy (non-hydrogen) atoms. The average molecular weight is 1260 g/mol. The predicted molar refractivity (Wildman–Crippen MR) is 328 cm³/mol. The van der Waals surface area contributed by atoms with Gasteiger partial charge in [0.1, 0.15) is 6.08 Å². The summed E-state index contributed by atoms with van der Waals surface area (Å²) in [6, 6.07) is 59.2. The fourth-order valence-corrected chi connectivity index (χ4v) is 11.7. The molecule has 2 N–H and O–H groups in total. The van der Waals surface area contributed by atoms with Crippen molar-refractivity contribution in [2.24, 2.45) is 0 Å². The molecule has 0 spiro atoms. The third-order valence-corrected chi connectivity index (χ3v) is 16.2. The Hall–Kier alpha value is -8.10. The van der Waals surface area contributed by atoms with Crippen LogP contribution in [-0.4, -0.2) is 39.0 Å². The average Bonchev–Trinajstić information content (AvgIpc) is 4.38. The number of benzene rings is 8. The molecule has 0 aliphatic carbocycles. The summed E-state index contributed by atoms with van der Waals surface area (Å²) in [6.07, 6.45) is 6.03. The SMILES string of the molecule is CCC(=C/c1oc2ccc(-c3ccc(Br)cc3)cc2[n+]1CS(=O)(=O)O)/C=C1/Oc2ccc(-c3ccc(Br)cc3)cc2N1CC.CCN1C(=Cc2oc3ccc(-c4ccccc4)cc3[n+]2CS(=O)(=O)O)Oc2ccc(-c3ccccc3)cc21. The van der Waals surface area contributed by atoms with E-state index >= 15 is 0 Å². The van der Waals surface area contributed by atoms with Crippen molar-refractivity contribution in [2.45, 2.75) is 38.9 Å². The normalized spacial score (nSPS) is 14.3. The Balaban J connectivity index is 0.000000174. The number of fused-ring (bicyclic) bond motifs is 4. The number of nitrogens with zero attached hydrogens (tertiary/aromatic N) is 4. The number of anilines is 2. The molecular weight excluding hydrogens is 1210 g/mol. The molecule has 8 aromatic carbocycles. The molecule has 2 aromatic heterocycles. The largest absolute Gasteiger partial charge is 0.439 e. The van der Waals surface area contributed by atoms with E-state index in [0.29, 0.717) is 65.1 Å². The first-order valence-corrected chi connectivity index (χ1v) is 31.1. The summed E-state index contributed by atoms with van der Waals surface area (Å²) in [5.74, 6) is 1.86. The van der Waals surface area contributed by atoms with E-state index in [1.54, 1.807) is 18.2 Å². The Bertz CT molecular complexity index is 4380. The first-order valence-electron chi connectivity index (χ1n) is 26.3. The van der Waals surface area contributed by atoms with Gasteiger partial charge in [-0.1, -0.05) is 148 Å². The zero-order valence-electron chi connectivity index (χ0n) is 44.6. The van der Waals surface area contributed by atoms with Gasteiger partial charge in [-0.25, -0.2) is 0 Å². The molecule has 12 rings (SSSR count). The summed E-state index contributed by atoms with van der Waals surface area (Å²) in [5.41, 5.74) is 12.9. The van der Waals surface area contributed by atoms with Gasteiger partial charge in [0.15, 0.2) is 11.5 Å². The molecule has 0 fully saturated rings. The van der Waals surface area contributed by atoms with E-state index in [4.69, 9.17) is 18.3 Å². The summed E-state index contributed by atoms with van der Waals surface area (Å²) >= 11 is 6.96. The fraction of sp³-hybridized carbons (Fsp3) is 0.125. The van der Waals surface area contributed by atoms with Gasteiger partial charge in [0, 0.05) is 40.2 Å². The second kappa shape index (κ2) is 23.4. The monoisotopic (exact) mass is 1260 g/mol. The van der Waals surface area contributed by atoms with E-state index in [-0.39, 0.29) is 5.89 Å². The van der Waals surface area contributed by atoms with Crippen LogP contribution in [0.15, 0.2) is 223 Å². The maximum absolute atomic E-state index is 12.1. The van der Waals surface area contributed by atoms with E-state index in [2.05, 4.69) is 80.1 Å². The van der Waals surface area contributed by atoms with Crippen LogP contribution < -0.4 is 28.4 Å². The number of aromatic nitrogens is 2. The highest BCUT2D eigenvalue weighted by molar-refractivity contribution is 9.10. The van der Waals surface area contributed by atoms with Gasteiger partial charge in [-0.05, 0) is 131 Å². The Labute approximate surface area is 491 Å². The topological polar surface area (TPSA) is 168 Å². The molecule has 414 valence electrons. The van der Waals surface area contributed by atoms with Crippen LogP contribution >= 0.6 is 31.9 Å². The number of ether oxygens (including phenoxy) is 2. The highest BCUT2D eigenvalue weighted by atomic mass is 79.9. The summed E-state index contributed by atoms with van der Waals surface area (Å²) < 4.78 is 97.4. The van der Waals surface area contributed by atoms with Crippen LogP contribution in [0, 0.1) is 0 Å². The third kappa shape index (κ3) is 12.2. The van der Waals surface area contributed by atoms with Gasteiger partial charge < -0.3 is 28.1 Å². The molecule has 0 unspecified atom stereocenters. The first-order chi connectivity index (χ1) is 39.5. The minimum atomic E-state index is -4.37. The van der Waals surface area contributed by atoms with Crippen molar-refractivity contribution in [1.29, 1.82) is 0 Å². The van der Waals surface area contributed by atoms with Crippen molar-refractivity contribution in [3.8, 4) is 56.0 Å². The highest BCUT2D eigenvalue weighted by Gasteiger charge is 2.33. The van der Waals surface area contributed by atoms with Crippen LogP contribution in [0.4, 0.5) is 11.4 Å². The highest BCUT2D eigenvalue weighted by Crippen LogP contribution is 2.44. The van der Waals surface area contributed by atoms with E-state index in [1.165, 1.54) is 9.13 Å². The standard InChI is InChI=1S/C34H28Br2N2O5S.C30H24N2O5S/c1-3-22(17-33-37(4-2)29-19-25(9-15-31(29)42-33)23-5-11-27(35)12-6-23)18-34-38(21-44(39,40)41)30-20-26(10-16-32(30)43-34)24-7-13-28(36)14-8-24;1-2-31-25-17-23(21-9-5-3-6-10-21)13-15-27(25)36-29(31)19-30-32(20-38(33,34)35)26-18-24(14-16-28(26)37-30)22-11-7-4-8-12-22/h5-20H,3-4,21H2,1-2H3;3-19H,2,20H2,1H3/p+2. The molecule has 10 aromatic rings. The van der Waals surface area contributed by atoms with Gasteiger partial charge in [-0.3, -0.25) is 9.11 Å². The van der Waals surface area contributed by atoms with Crippen LogP contribution in [0.25, 0.3) is 78.9 Å². The molecule has 0 saturated carbocycles. The van der Waals surface area contributed by atoms with Crippen LogP contribution in [0.5, 0.6) is 11.5 Å². The predicted octanol–water partition coefficient (Wildman–Crippen LogP) is 15.1. The van der Waals surface area contributed by atoms with Gasteiger partial charge in [0.25, 0.3) is 22.8 Å². The quantitative estimate of drug-likeness (QED) is 0.0782. The van der Waals surface area contributed by atoms with E-state index in [0.717, 1.165) is 76.2 Å². The zero-order valence-corrected chi connectivity index (χ0v) is 49.4. The van der Waals surface area contributed by atoms with Crippen LogP contribution in [0.2, 0.25) is 0 Å². The Morgan fingerprint density at radius 2 is 0.878 bits per heavy atom. The van der Waals surface area contributed by atoms with Gasteiger partial charge >= 0.3 is 32.0 Å². The van der Waals surface area contributed by atoms with E-state index in [9.17, 15) is 25.9 Å². The molecule has 0 radical (unpaired) electrons. The fourth-order valence-electron chi connectivity index (χ4n) is 10.0. The summed E-state index contributed by atoms with van der Waals surface area (Å²) in [7, 11) is -8.73. The summed E-state index contributed by atoms with van der Waals surface area (Å²) in [5, 5.41) is 0. The molecule has 4 heterocycles. The molecule has 0 bridgehead atoms. The number of oxazole rings is 2. The smallest absolute Gasteiger partial charge is 0.380 e. The molecule has 0 atom stereocenters. The van der Waals surface area contributed by atoms with Crippen molar-refractivity contribution >= 4 is 97.8 Å². The molecule has 14 nitrogen and oxygen atoms in total. The molecular formula is C64H54Br2N4O10S2+2. The summed E-state index contributed by atoms with van der Waals surface area (Å²) in [4.78, 5) is 4.11. The molecule has 0 amide bonds. The van der Waals surface area contributed by atoms with Crippen LogP contribution in [0.3, 0.4) is 0 Å². The molecule has 0 saturated heterocycles. The van der Waals surface area contributed by atoms with Gasteiger partial charge in [-0.15, -0.1) is 9.13 Å². The molecule has 2 aliphatic heterocycles. The Morgan fingerprint density at radius 1 is 0.488 bits per heavy atom. The zero-order chi connectivity index (χ0) is 57.3. The lowest BCUT2D eigenvalue weighted by molar-refractivity contribution is -0.658. The number of allylic oxidation sites excluding steroid dienone is 2. The van der Waals surface area contributed by atoms with Gasteiger partial charge in [-0.2, -0.15) is 16.8 Å². The van der Waals surface area contributed by atoms with Crippen LogP contribution in [0.1, 0.15) is 39.0 Å².